The van der Waals surface area contributed by atoms with Crippen LogP contribution in [0.1, 0.15) is 54.5 Å². The monoisotopic (exact) mass is 390 g/mol. The molecule has 3 aromatic rings. The van der Waals surface area contributed by atoms with Crippen molar-refractivity contribution in [2.45, 2.75) is 45.8 Å². The van der Waals surface area contributed by atoms with E-state index in [1.54, 1.807) is 0 Å². The zero-order valence-electron chi connectivity index (χ0n) is 16.8. The number of nitrogens with one attached hydrogen (secondary N) is 1. The number of rotatable bonds is 4. The Morgan fingerprint density at radius 1 is 1.04 bits per heavy atom. The van der Waals surface area contributed by atoms with E-state index in [-0.39, 0.29) is 12.1 Å². The first kappa shape index (κ1) is 18.7. The standard InChI is InChI=1S/C23H26N4S/c1-15(2)26-13-7-9-20(26)22-21(19-8-5-6-12-24-19)25-23(28)27(22)18-11-10-16(3)17(4)14-18/h5-15,21-22H,1-4H3,(H,25,28)/t21-,22+/m0/s1. The lowest BCUT2D eigenvalue weighted by Gasteiger charge is -2.30. The van der Waals surface area contributed by atoms with Crippen LogP contribution in [0, 0.1) is 13.8 Å². The summed E-state index contributed by atoms with van der Waals surface area (Å²) in [7, 11) is 0. The first-order valence-electron chi connectivity index (χ1n) is 9.72. The first-order chi connectivity index (χ1) is 13.5. The molecule has 5 heteroatoms. The Hall–Kier alpha value is -2.66. The molecule has 0 radical (unpaired) electrons. The van der Waals surface area contributed by atoms with Gasteiger partial charge < -0.3 is 14.8 Å². The lowest BCUT2D eigenvalue weighted by molar-refractivity contribution is 0.497. The number of aromatic nitrogens is 2. The molecule has 1 aliphatic heterocycles. The van der Waals surface area contributed by atoms with Gasteiger partial charge in [-0.25, -0.2) is 0 Å². The third-order valence-corrected chi connectivity index (χ3v) is 5.85. The maximum atomic E-state index is 5.81. The Morgan fingerprint density at radius 2 is 1.86 bits per heavy atom. The van der Waals surface area contributed by atoms with Crippen LogP contribution in [0.25, 0.3) is 0 Å². The summed E-state index contributed by atoms with van der Waals surface area (Å²) in [4.78, 5) is 6.88. The Balaban J connectivity index is 1.87. The van der Waals surface area contributed by atoms with Crippen molar-refractivity contribution in [2.75, 3.05) is 4.90 Å². The maximum Gasteiger partial charge on any atom is 0.174 e. The number of hydrogen-bond donors (Lipinski definition) is 1. The minimum absolute atomic E-state index is 0.0114. The molecule has 28 heavy (non-hydrogen) atoms. The topological polar surface area (TPSA) is 33.1 Å². The van der Waals surface area contributed by atoms with Gasteiger partial charge in [-0.3, -0.25) is 4.98 Å². The van der Waals surface area contributed by atoms with Crippen LogP contribution >= 0.6 is 12.2 Å². The molecule has 4 rings (SSSR count). The molecular formula is C23H26N4S. The van der Waals surface area contributed by atoms with Gasteiger partial charge in [0.15, 0.2) is 5.11 Å². The van der Waals surface area contributed by atoms with Gasteiger partial charge in [0, 0.05) is 29.8 Å². The molecule has 3 heterocycles. The average Bonchev–Trinajstić information content (AvgIpc) is 3.29. The predicted octanol–water partition coefficient (Wildman–Crippen LogP) is 5.26. The Morgan fingerprint density at radius 3 is 2.54 bits per heavy atom. The Labute approximate surface area is 172 Å². The van der Waals surface area contributed by atoms with Crippen LogP contribution < -0.4 is 10.2 Å². The van der Waals surface area contributed by atoms with Crippen molar-refractivity contribution in [3.8, 4) is 0 Å². The number of benzene rings is 1. The average molecular weight is 391 g/mol. The van der Waals surface area contributed by atoms with Crippen LogP contribution in [0.2, 0.25) is 0 Å². The zero-order valence-corrected chi connectivity index (χ0v) is 17.6. The van der Waals surface area contributed by atoms with Crippen LogP contribution in [0.4, 0.5) is 5.69 Å². The second-order valence-electron chi connectivity index (χ2n) is 7.70. The van der Waals surface area contributed by atoms with Crippen molar-refractivity contribution >= 4 is 23.0 Å². The highest BCUT2D eigenvalue weighted by molar-refractivity contribution is 7.80. The highest BCUT2D eigenvalue weighted by atomic mass is 32.1. The first-order valence-corrected chi connectivity index (χ1v) is 10.1. The van der Waals surface area contributed by atoms with Gasteiger partial charge in [-0.15, -0.1) is 0 Å². The van der Waals surface area contributed by atoms with Gasteiger partial charge in [0.25, 0.3) is 0 Å². The third-order valence-electron chi connectivity index (χ3n) is 5.54. The van der Waals surface area contributed by atoms with Gasteiger partial charge in [0.05, 0.1) is 11.7 Å². The summed E-state index contributed by atoms with van der Waals surface area (Å²) in [6.07, 6.45) is 3.99. The Kier molecular flexibility index (Phi) is 4.94. The number of nitrogens with zero attached hydrogens (tertiary/aromatic N) is 3. The quantitative estimate of drug-likeness (QED) is 0.616. The van der Waals surface area contributed by atoms with Crippen LogP contribution in [-0.2, 0) is 0 Å². The van der Waals surface area contributed by atoms with Gasteiger partial charge in [-0.2, -0.15) is 0 Å². The number of pyridine rings is 1. The molecule has 1 aliphatic rings. The molecule has 144 valence electrons. The second-order valence-corrected chi connectivity index (χ2v) is 8.09. The fourth-order valence-corrected chi connectivity index (χ4v) is 4.28. The molecule has 0 amide bonds. The number of hydrogen-bond acceptors (Lipinski definition) is 2. The molecule has 1 saturated heterocycles. The van der Waals surface area contributed by atoms with E-state index in [9.17, 15) is 0 Å². The summed E-state index contributed by atoms with van der Waals surface area (Å²) in [6, 6.07) is 17.3. The van der Waals surface area contributed by atoms with Gasteiger partial charge in [-0.1, -0.05) is 12.1 Å². The Bertz CT molecular complexity index is 993. The molecule has 0 unspecified atom stereocenters. The van der Waals surface area contributed by atoms with Crippen LogP contribution in [0.3, 0.4) is 0 Å². The van der Waals surface area contributed by atoms with Crippen LogP contribution in [0.15, 0.2) is 60.9 Å². The van der Waals surface area contributed by atoms with Crippen molar-refractivity contribution in [1.29, 1.82) is 0 Å². The summed E-state index contributed by atoms with van der Waals surface area (Å²) in [5.74, 6) is 0. The van der Waals surface area contributed by atoms with Crippen LogP contribution in [0.5, 0.6) is 0 Å². The number of anilines is 1. The second kappa shape index (κ2) is 7.40. The fraction of sp³-hybridized carbons (Fsp3) is 0.304. The lowest BCUT2D eigenvalue weighted by Crippen LogP contribution is -2.30. The smallest absolute Gasteiger partial charge is 0.174 e. The van der Waals surface area contributed by atoms with E-state index in [4.69, 9.17) is 12.2 Å². The molecule has 0 bridgehead atoms. The summed E-state index contributed by atoms with van der Waals surface area (Å²) < 4.78 is 2.32. The molecule has 1 aromatic carbocycles. The molecule has 0 spiro atoms. The third kappa shape index (κ3) is 3.20. The van der Waals surface area contributed by atoms with Crippen LogP contribution in [-0.4, -0.2) is 14.7 Å². The van der Waals surface area contributed by atoms with Crippen molar-refractivity contribution in [3.63, 3.8) is 0 Å². The molecule has 0 aliphatic carbocycles. The zero-order chi connectivity index (χ0) is 19.8. The van der Waals surface area contributed by atoms with Gasteiger partial charge in [-0.05, 0) is 87.4 Å². The van der Waals surface area contributed by atoms with Gasteiger partial charge in [0.1, 0.15) is 6.04 Å². The van der Waals surface area contributed by atoms with E-state index in [1.807, 2.05) is 18.3 Å². The minimum atomic E-state index is -0.0114. The maximum absolute atomic E-state index is 5.81. The largest absolute Gasteiger partial charge is 0.351 e. The van der Waals surface area contributed by atoms with E-state index in [0.717, 1.165) is 16.5 Å². The van der Waals surface area contributed by atoms with Crippen molar-refractivity contribution in [3.05, 3.63) is 83.4 Å². The van der Waals surface area contributed by atoms with E-state index < -0.39 is 0 Å². The van der Waals surface area contributed by atoms with Crippen molar-refractivity contribution < 1.29 is 0 Å². The molecule has 2 atom stereocenters. The highest BCUT2D eigenvalue weighted by Gasteiger charge is 2.42. The molecule has 4 nitrogen and oxygen atoms in total. The summed E-state index contributed by atoms with van der Waals surface area (Å²) in [6.45, 7) is 8.70. The molecular weight excluding hydrogens is 364 g/mol. The number of aryl methyl sites for hydroxylation is 2. The molecule has 2 aromatic heterocycles. The van der Waals surface area contributed by atoms with Gasteiger partial charge in [0.2, 0.25) is 0 Å². The SMILES string of the molecule is Cc1ccc(N2C(=S)N[C@@H](c3ccccn3)[C@H]2c2cccn2C(C)C)cc1C. The van der Waals surface area contributed by atoms with E-state index in [1.165, 1.54) is 16.8 Å². The van der Waals surface area contributed by atoms with Crippen molar-refractivity contribution in [1.82, 2.24) is 14.9 Å². The molecule has 0 saturated carbocycles. The summed E-state index contributed by atoms with van der Waals surface area (Å²) >= 11 is 5.81. The summed E-state index contributed by atoms with van der Waals surface area (Å²) in [5, 5.41) is 4.28. The number of thiocarbonyl (C=S) groups is 1. The lowest BCUT2D eigenvalue weighted by atomic mass is 10.00. The van der Waals surface area contributed by atoms with Crippen molar-refractivity contribution in [2.24, 2.45) is 0 Å². The van der Waals surface area contributed by atoms with Gasteiger partial charge >= 0.3 is 0 Å². The predicted molar refractivity (Wildman–Crippen MR) is 119 cm³/mol. The molecule has 1 fully saturated rings. The fourth-order valence-electron chi connectivity index (χ4n) is 3.94. The summed E-state index contributed by atoms with van der Waals surface area (Å²) in [5.41, 5.74) is 5.89. The van der Waals surface area contributed by atoms with E-state index in [2.05, 4.69) is 90.1 Å². The normalized spacial score (nSPS) is 19.3. The van der Waals surface area contributed by atoms with E-state index >= 15 is 0 Å². The minimum Gasteiger partial charge on any atom is -0.351 e. The highest BCUT2D eigenvalue weighted by Crippen LogP contribution is 2.42. The molecule has 1 N–H and O–H groups in total. The van der Waals surface area contributed by atoms with E-state index in [0.29, 0.717) is 6.04 Å².